The molecule has 2 aliphatic heterocycles. The molecule has 1 aromatic carbocycles. The molecule has 0 aromatic heterocycles. The van der Waals surface area contributed by atoms with Crippen LogP contribution in [0.4, 0.5) is 10.5 Å². The number of rotatable bonds is 2. The first kappa shape index (κ1) is 12.3. The minimum atomic E-state index is -3.07. The first-order chi connectivity index (χ1) is 9.00. The lowest BCUT2D eigenvalue weighted by Crippen LogP contribution is -2.36. The molecule has 2 aliphatic rings. The van der Waals surface area contributed by atoms with Gasteiger partial charge in [-0.15, -0.1) is 0 Å². The number of ether oxygens (including phenoxy) is 1. The molecule has 19 heavy (non-hydrogen) atoms. The summed E-state index contributed by atoms with van der Waals surface area (Å²) in [5.41, 5.74) is 0.654. The lowest BCUT2D eigenvalue weighted by atomic mass is 10.1. The second-order valence-corrected chi connectivity index (χ2v) is 6.93. The van der Waals surface area contributed by atoms with Gasteiger partial charge < -0.3 is 10.1 Å². The molecule has 1 N–H and O–H groups in total. The minimum Gasteiger partial charge on any atom is -0.497 e. The molecule has 102 valence electrons. The lowest BCUT2D eigenvalue weighted by Gasteiger charge is -2.21. The highest BCUT2D eigenvalue weighted by Crippen LogP contribution is 2.31. The van der Waals surface area contributed by atoms with Crippen LogP contribution < -0.4 is 15.0 Å². The van der Waals surface area contributed by atoms with Gasteiger partial charge in [0.25, 0.3) is 0 Å². The van der Waals surface area contributed by atoms with E-state index in [0.29, 0.717) is 11.4 Å². The van der Waals surface area contributed by atoms with E-state index in [1.165, 1.54) is 4.90 Å². The Morgan fingerprint density at radius 3 is 2.89 bits per heavy atom. The van der Waals surface area contributed by atoms with E-state index < -0.39 is 9.84 Å². The third-order valence-corrected chi connectivity index (χ3v) is 5.23. The van der Waals surface area contributed by atoms with Gasteiger partial charge >= 0.3 is 6.03 Å². The normalized spacial score (nSPS) is 28.1. The van der Waals surface area contributed by atoms with Crippen LogP contribution in [0, 0.1) is 0 Å². The van der Waals surface area contributed by atoms with E-state index in [2.05, 4.69) is 5.32 Å². The Morgan fingerprint density at radius 2 is 2.16 bits per heavy atom. The van der Waals surface area contributed by atoms with Crippen molar-refractivity contribution in [2.24, 2.45) is 0 Å². The molecule has 3 rings (SSSR count). The van der Waals surface area contributed by atoms with Crippen LogP contribution in [-0.2, 0) is 9.84 Å². The summed E-state index contributed by atoms with van der Waals surface area (Å²) in [6.45, 7) is 0. The topological polar surface area (TPSA) is 75.7 Å². The number of hydrogen-bond acceptors (Lipinski definition) is 4. The van der Waals surface area contributed by atoms with Gasteiger partial charge in [0.2, 0.25) is 0 Å². The van der Waals surface area contributed by atoms with Crippen LogP contribution in [0.1, 0.15) is 0 Å². The zero-order valence-electron chi connectivity index (χ0n) is 10.4. The lowest BCUT2D eigenvalue weighted by molar-refractivity contribution is 0.251. The summed E-state index contributed by atoms with van der Waals surface area (Å²) in [6.07, 6.45) is 0. The number of hydrogen-bond donors (Lipinski definition) is 1. The average Bonchev–Trinajstić information content (AvgIpc) is 2.79. The smallest absolute Gasteiger partial charge is 0.322 e. The number of carbonyl (C=O) groups excluding carboxylic acids is 1. The van der Waals surface area contributed by atoms with Gasteiger partial charge in [0.15, 0.2) is 9.84 Å². The molecule has 0 aliphatic carbocycles. The number of nitrogens with zero attached hydrogens (tertiary/aromatic N) is 1. The highest BCUT2D eigenvalue weighted by Gasteiger charge is 2.49. The second-order valence-electron chi connectivity index (χ2n) is 4.77. The predicted molar refractivity (Wildman–Crippen MR) is 70.2 cm³/mol. The van der Waals surface area contributed by atoms with Crippen molar-refractivity contribution >= 4 is 21.6 Å². The number of methoxy groups -OCH3 is 1. The molecule has 2 saturated heterocycles. The molecule has 2 atom stereocenters. The van der Waals surface area contributed by atoms with Gasteiger partial charge in [0, 0.05) is 11.8 Å². The highest BCUT2D eigenvalue weighted by molar-refractivity contribution is 7.91. The third kappa shape index (κ3) is 2.03. The van der Waals surface area contributed by atoms with Crippen molar-refractivity contribution in [2.45, 2.75) is 12.1 Å². The monoisotopic (exact) mass is 282 g/mol. The molecule has 7 heteroatoms. The number of fused-ring (bicyclic) bond motifs is 1. The molecule has 2 amide bonds. The van der Waals surface area contributed by atoms with E-state index in [1.54, 1.807) is 31.4 Å². The van der Waals surface area contributed by atoms with Crippen LogP contribution in [0.3, 0.4) is 0 Å². The molecule has 0 radical (unpaired) electrons. The average molecular weight is 282 g/mol. The molecule has 0 saturated carbocycles. The number of sulfone groups is 1. The van der Waals surface area contributed by atoms with E-state index in [9.17, 15) is 13.2 Å². The van der Waals surface area contributed by atoms with Gasteiger partial charge in [0.1, 0.15) is 5.75 Å². The van der Waals surface area contributed by atoms with Crippen LogP contribution in [-0.4, -0.2) is 45.1 Å². The number of nitrogens with one attached hydrogen (secondary N) is 1. The van der Waals surface area contributed by atoms with Crippen molar-refractivity contribution in [1.82, 2.24) is 5.32 Å². The van der Waals surface area contributed by atoms with Gasteiger partial charge in [-0.25, -0.2) is 13.2 Å². The zero-order valence-corrected chi connectivity index (χ0v) is 11.2. The number of anilines is 1. The molecule has 2 heterocycles. The fourth-order valence-corrected chi connectivity index (χ4v) is 4.56. The van der Waals surface area contributed by atoms with E-state index in [4.69, 9.17) is 4.74 Å². The summed E-state index contributed by atoms with van der Waals surface area (Å²) in [5.74, 6) is 0.659. The third-order valence-electron chi connectivity index (χ3n) is 3.51. The Balaban J connectivity index is 1.97. The van der Waals surface area contributed by atoms with Gasteiger partial charge in [0.05, 0.1) is 30.7 Å². The quantitative estimate of drug-likeness (QED) is 0.796. The van der Waals surface area contributed by atoms with Crippen LogP contribution in [0.2, 0.25) is 0 Å². The van der Waals surface area contributed by atoms with Crippen LogP contribution in [0.5, 0.6) is 5.75 Å². The highest BCUT2D eigenvalue weighted by atomic mass is 32.2. The number of urea groups is 1. The van der Waals surface area contributed by atoms with E-state index in [-0.39, 0.29) is 29.6 Å². The standard InChI is InChI=1S/C12H14N2O4S/c1-18-9-4-2-3-8(5-9)14-11-7-19(16,17)6-10(11)13-12(14)15/h2-5,10-11H,6-7H2,1H3,(H,13,15). The van der Waals surface area contributed by atoms with Gasteiger partial charge in [-0.2, -0.15) is 0 Å². The van der Waals surface area contributed by atoms with Gasteiger partial charge in [-0.05, 0) is 12.1 Å². The van der Waals surface area contributed by atoms with Crippen molar-refractivity contribution in [2.75, 3.05) is 23.5 Å². The molecular weight excluding hydrogens is 268 g/mol. The molecule has 6 nitrogen and oxygen atoms in total. The fourth-order valence-electron chi connectivity index (χ4n) is 2.67. The Hall–Kier alpha value is -1.76. The zero-order chi connectivity index (χ0) is 13.6. The van der Waals surface area contributed by atoms with E-state index in [1.807, 2.05) is 0 Å². The minimum absolute atomic E-state index is 0.00756. The first-order valence-electron chi connectivity index (χ1n) is 5.94. The van der Waals surface area contributed by atoms with Crippen LogP contribution in [0.15, 0.2) is 24.3 Å². The maximum atomic E-state index is 12.0. The summed E-state index contributed by atoms with van der Waals surface area (Å²) >= 11 is 0. The first-order valence-corrected chi connectivity index (χ1v) is 7.76. The van der Waals surface area contributed by atoms with Crippen molar-refractivity contribution in [3.63, 3.8) is 0 Å². The van der Waals surface area contributed by atoms with Crippen molar-refractivity contribution in [1.29, 1.82) is 0 Å². The summed E-state index contributed by atoms with van der Waals surface area (Å²) in [6, 6.07) is 6.16. The Morgan fingerprint density at radius 1 is 1.37 bits per heavy atom. The molecule has 2 fully saturated rings. The Bertz CT molecular complexity index is 628. The van der Waals surface area contributed by atoms with E-state index in [0.717, 1.165) is 0 Å². The largest absolute Gasteiger partial charge is 0.497 e. The molecule has 1 aromatic rings. The summed E-state index contributed by atoms with van der Waals surface area (Å²) < 4.78 is 28.4. The Labute approximate surface area is 111 Å². The number of benzene rings is 1. The van der Waals surface area contributed by atoms with Gasteiger partial charge in [-0.1, -0.05) is 6.07 Å². The maximum absolute atomic E-state index is 12.0. The van der Waals surface area contributed by atoms with Crippen molar-refractivity contribution in [3.8, 4) is 5.75 Å². The molecule has 0 bridgehead atoms. The molecule has 0 spiro atoms. The maximum Gasteiger partial charge on any atom is 0.322 e. The van der Waals surface area contributed by atoms with Crippen LogP contribution >= 0.6 is 0 Å². The molecule has 2 unspecified atom stereocenters. The Kier molecular flexibility index (Phi) is 2.67. The number of carbonyl (C=O) groups is 1. The van der Waals surface area contributed by atoms with E-state index >= 15 is 0 Å². The predicted octanol–water partition coefficient (Wildman–Crippen LogP) is 0.390. The summed E-state index contributed by atoms with van der Waals surface area (Å²) in [5, 5.41) is 2.72. The fraction of sp³-hybridized carbons (Fsp3) is 0.417. The summed E-state index contributed by atoms with van der Waals surface area (Å²) in [4.78, 5) is 13.5. The van der Waals surface area contributed by atoms with Crippen molar-refractivity contribution in [3.05, 3.63) is 24.3 Å². The second kappa shape index (κ2) is 4.12. The summed E-state index contributed by atoms with van der Waals surface area (Å²) in [7, 11) is -1.53. The number of amides is 2. The van der Waals surface area contributed by atoms with Gasteiger partial charge in [-0.3, -0.25) is 4.90 Å². The SMILES string of the molecule is COc1cccc(N2C(=O)NC3CS(=O)(=O)CC32)c1. The molecular formula is C12H14N2O4S. The van der Waals surface area contributed by atoms with Crippen LogP contribution in [0.25, 0.3) is 0 Å². The van der Waals surface area contributed by atoms with Crippen molar-refractivity contribution < 1.29 is 17.9 Å².